The lowest BCUT2D eigenvalue weighted by Gasteiger charge is -1.95. The van der Waals surface area contributed by atoms with Gasteiger partial charge in [-0.25, -0.2) is 0 Å². The molecule has 1 aromatic carbocycles. The molecule has 0 heterocycles. The van der Waals surface area contributed by atoms with Gasteiger partial charge < -0.3 is 0 Å². The monoisotopic (exact) mass is 170 g/mol. The molecule has 0 spiro atoms. The van der Waals surface area contributed by atoms with E-state index >= 15 is 0 Å². The van der Waals surface area contributed by atoms with Crippen LogP contribution in [0.4, 0.5) is 0 Å². The van der Waals surface area contributed by atoms with Crippen molar-refractivity contribution in [1.82, 2.24) is 0 Å². The summed E-state index contributed by atoms with van der Waals surface area (Å²) >= 11 is 5.39. The zero-order valence-electron chi connectivity index (χ0n) is 6.96. The van der Waals surface area contributed by atoms with Gasteiger partial charge in [-0.05, 0) is 0 Å². The van der Waals surface area contributed by atoms with Crippen molar-refractivity contribution in [2.75, 3.05) is 5.88 Å². The van der Waals surface area contributed by atoms with E-state index in [2.05, 4.69) is 0 Å². The van der Waals surface area contributed by atoms with Crippen molar-refractivity contribution in [3.05, 3.63) is 35.9 Å². The lowest BCUT2D eigenvalue weighted by molar-refractivity contribution is 0.0989. The summed E-state index contributed by atoms with van der Waals surface area (Å²) in [6.07, 6.45) is -0.839. The molecule has 1 nitrogen and oxygen atoms in total. The summed E-state index contributed by atoms with van der Waals surface area (Å²) in [5.74, 6) is -0.168. The van der Waals surface area contributed by atoms with E-state index in [0.717, 1.165) is 0 Å². The Bertz CT molecular complexity index is 260. The zero-order valence-corrected chi connectivity index (χ0v) is 6.71. The molecule has 1 rings (SSSR count). The maximum atomic E-state index is 11.3. The second-order valence-corrected chi connectivity index (χ2v) is 2.40. The first-order valence-electron chi connectivity index (χ1n) is 3.91. The first kappa shape index (κ1) is 6.86. The van der Waals surface area contributed by atoms with Gasteiger partial charge in [0.25, 0.3) is 0 Å². The number of ketones is 1. The van der Waals surface area contributed by atoms with Crippen molar-refractivity contribution in [3.63, 3.8) is 0 Å². The van der Waals surface area contributed by atoms with Crippen molar-refractivity contribution in [2.24, 2.45) is 0 Å². The van der Waals surface area contributed by atoms with E-state index in [0.29, 0.717) is 5.56 Å². The van der Waals surface area contributed by atoms with Crippen molar-refractivity contribution in [2.45, 2.75) is 6.40 Å². The summed E-state index contributed by atoms with van der Waals surface area (Å²) in [5, 5.41) is 0. The Morgan fingerprint density at radius 3 is 2.64 bits per heavy atom. The van der Waals surface area contributed by atoms with Crippen LogP contribution in [0, 0.1) is 0 Å². The quantitative estimate of drug-likeness (QED) is 0.503. The molecule has 0 aliphatic rings. The number of carbonyl (C=O) groups is 1. The van der Waals surface area contributed by atoms with E-state index in [4.69, 9.17) is 13.0 Å². The summed E-state index contributed by atoms with van der Waals surface area (Å²) in [5.41, 5.74) is 0.554. The standard InChI is InChI=1S/C9H9ClO/c10-7-6-9(11)8-4-2-1-3-5-8/h1-5H,6-7H2/i6T. The van der Waals surface area contributed by atoms with Crippen LogP contribution in [0.2, 0.25) is 0 Å². The average molecular weight is 171 g/mol. The minimum absolute atomic E-state index is 0.0493. The number of benzene rings is 1. The molecule has 1 unspecified atom stereocenters. The lowest BCUT2D eigenvalue weighted by Crippen LogP contribution is -1.98. The van der Waals surface area contributed by atoms with Crippen LogP contribution in [-0.4, -0.2) is 11.7 Å². The van der Waals surface area contributed by atoms with Crippen LogP contribution < -0.4 is 0 Å². The number of alkyl halides is 1. The number of halogens is 1. The first-order chi connectivity index (χ1) is 5.75. The van der Waals surface area contributed by atoms with Crippen molar-refractivity contribution >= 4 is 17.4 Å². The van der Waals surface area contributed by atoms with E-state index in [1.165, 1.54) is 0 Å². The fourth-order valence-corrected chi connectivity index (χ4v) is 0.930. The summed E-state index contributed by atoms with van der Waals surface area (Å²) in [6, 6.07) is 8.76. The van der Waals surface area contributed by atoms with Gasteiger partial charge in [0.15, 0.2) is 5.78 Å². The van der Waals surface area contributed by atoms with Crippen LogP contribution in [0.1, 0.15) is 18.1 Å². The third-order valence-electron chi connectivity index (χ3n) is 1.32. The van der Waals surface area contributed by atoms with Gasteiger partial charge in [-0.3, -0.25) is 4.79 Å². The minimum Gasteiger partial charge on any atom is -0.294 e. The SMILES string of the molecule is [3H]C(CCl)C(=O)c1ccccc1. The molecular weight excluding hydrogens is 160 g/mol. The van der Waals surface area contributed by atoms with Crippen LogP contribution in [0.5, 0.6) is 0 Å². The second kappa shape index (κ2) is 4.14. The zero-order chi connectivity index (χ0) is 8.97. The lowest BCUT2D eigenvalue weighted by atomic mass is 10.1. The van der Waals surface area contributed by atoms with Crippen LogP contribution in [-0.2, 0) is 0 Å². The van der Waals surface area contributed by atoms with Crippen molar-refractivity contribution < 1.29 is 6.17 Å². The molecule has 0 amide bonds. The van der Waals surface area contributed by atoms with Crippen molar-refractivity contribution in [3.8, 4) is 0 Å². The van der Waals surface area contributed by atoms with Crippen LogP contribution in [0.3, 0.4) is 0 Å². The topological polar surface area (TPSA) is 17.1 Å². The van der Waals surface area contributed by atoms with Crippen molar-refractivity contribution in [1.29, 1.82) is 0 Å². The highest BCUT2D eigenvalue weighted by Gasteiger charge is 2.01. The normalized spacial score (nSPS) is 13.7. The molecule has 1 aromatic rings. The number of hydrogen-bond acceptors (Lipinski definition) is 1. The Balaban J connectivity index is 2.79. The predicted molar refractivity (Wildman–Crippen MR) is 46.1 cm³/mol. The van der Waals surface area contributed by atoms with Gasteiger partial charge in [-0.1, -0.05) is 30.3 Å². The Morgan fingerprint density at radius 1 is 1.45 bits per heavy atom. The fraction of sp³-hybridized carbons (Fsp3) is 0.222. The highest BCUT2D eigenvalue weighted by Crippen LogP contribution is 2.02. The summed E-state index contributed by atoms with van der Waals surface area (Å²) < 4.78 is 7.28. The van der Waals surface area contributed by atoms with Gasteiger partial charge in [0.1, 0.15) is 0 Å². The largest absolute Gasteiger partial charge is 0.294 e. The van der Waals surface area contributed by atoms with Gasteiger partial charge >= 0.3 is 0 Å². The molecule has 0 aromatic heterocycles. The molecule has 0 N–H and O–H groups in total. The maximum absolute atomic E-state index is 11.3. The van der Waals surface area contributed by atoms with Gasteiger partial charge in [0, 0.05) is 19.2 Å². The van der Waals surface area contributed by atoms with Crippen LogP contribution in [0.15, 0.2) is 30.3 Å². The summed E-state index contributed by atoms with van der Waals surface area (Å²) in [4.78, 5) is 11.3. The predicted octanol–water partition coefficient (Wildman–Crippen LogP) is 2.50. The molecular formula is C9H9ClO. The molecule has 0 aliphatic heterocycles. The Morgan fingerprint density at radius 2 is 2.09 bits per heavy atom. The molecule has 1 atom stereocenters. The summed E-state index contributed by atoms with van der Waals surface area (Å²) in [6.45, 7) is 0. The maximum Gasteiger partial charge on any atom is 0.164 e. The Kier molecular flexibility index (Phi) is 2.58. The van der Waals surface area contributed by atoms with Gasteiger partial charge in [0.2, 0.25) is 0 Å². The molecule has 0 aliphatic carbocycles. The molecule has 0 radical (unpaired) electrons. The molecule has 0 saturated heterocycles. The minimum atomic E-state index is -0.839. The third-order valence-corrected chi connectivity index (χ3v) is 1.48. The molecule has 0 fully saturated rings. The second-order valence-electron chi connectivity index (χ2n) is 2.09. The first-order valence-corrected chi connectivity index (χ1v) is 3.86. The fourth-order valence-electron chi connectivity index (χ4n) is 0.790. The average Bonchev–Trinajstić information content (AvgIpc) is 2.17. The van der Waals surface area contributed by atoms with E-state index in [1.807, 2.05) is 6.07 Å². The van der Waals surface area contributed by atoms with Crippen LogP contribution >= 0.6 is 11.6 Å². The van der Waals surface area contributed by atoms with E-state index < -0.39 is 6.40 Å². The van der Waals surface area contributed by atoms with Gasteiger partial charge in [0.05, 0.1) is 0 Å². The van der Waals surface area contributed by atoms with E-state index in [1.54, 1.807) is 24.3 Å². The number of rotatable bonds is 3. The smallest absolute Gasteiger partial charge is 0.164 e. The number of hydrogen-bond donors (Lipinski definition) is 0. The third kappa shape index (κ3) is 2.35. The highest BCUT2D eigenvalue weighted by atomic mass is 35.5. The van der Waals surface area contributed by atoms with Gasteiger partial charge in [-0.15, -0.1) is 11.6 Å². The Hall–Kier alpha value is -0.820. The molecule has 58 valence electrons. The Labute approximate surface area is 72.4 Å². The highest BCUT2D eigenvalue weighted by molar-refractivity contribution is 6.19. The van der Waals surface area contributed by atoms with Gasteiger partial charge in [-0.2, -0.15) is 0 Å². The molecule has 2 heteroatoms. The number of carbonyl (C=O) groups excluding carboxylic acids is 1. The number of Topliss-reactive ketones (excluding diaryl/α,β-unsaturated/α-hetero) is 1. The molecule has 0 saturated carbocycles. The van der Waals surface area contributed by atoms with E-state index in [9.17, 15) is 4.79 Å². The summed E-state index contributed by atoms with van der Waals surface area (Å²) in [7, 11) is 0. The molecule has 0 bridgehead atoms. The van der Waals surface area contributed by atoms with Crippen LogP contribution in [0.25, 0.3) is 0 Å². The molecule has 11 heavy (non-hydrogen) atoms. The van der Waals surface area contributed by atoms with E-state index in [-0.39, 0.29) is 11.7 Å².